The number of nitrogens with one attached hydrogen (secondary N) is 2. The van der Waals surface area contributed by atoms with Crippen LogP contribution in [0.4, 0.5) is 0 Å². The minimum absolute atomic E-state index is 0.0350. The maximum atomic E-state index is 12.3. The standard InChI is InChI=1S/C16H26N2O5/c1-2-17-15(20)9-12-3-4-13(14(10-19)23-12)18-16(21)11-5-7-22-8-6-11/h3-4,11-14,19H,2,5-10H2,1H3,(H,17,20)(H,18,21)/t12-,13-,14+/m0/s1. The van der Waals surface area contributed by atoms with Crippen molar-refractivity contribution in [2.45, 2.75) is 44.4 Å². The van der Waals surface area contributed by atoms with Crippen LogP contribution in [0.1, 0.15) is 26.2 Å². The summed E-state index contributed by atoms with van der Waals surface area (Å²) in [7, 11) is 0. The van der Waals surface area contributed by atoms with Gasteiger partial charge in [-0.05, 0) is 19.8 Å². The highest BCUT2D eigenvalue weighted by molar-refractivity contribution is 5.79. The second-order valence-electron chi connectivity index (χ2n) is 5.86. The molecule has 2 heterocycles. The molecule has 0 aliphatic carbocycles. The maximum Gasteiger partial charge on any atom is 0.223 e. The second-order valence-corrected chi connectivity index (χ2v) is 5.86. The van der Waals surface area contributed by atoms with E-state index in [0.29, 0.717) is 32.6 Å². The summed E-state index contributed by atoms with van der Waals surface area (Å²) in [5, 5.41) is 15.1. The van der Waals surface area contributed by atoms with Crippen LogP contribution in [-0.2, 0) is 19.1 Å². The molecule has 1 saturated heterocycles. The smallest absolute Gasteiger partial charge is 0.223 e. The molecule has 0 aromatic rings. The summed E-state index contributed by atoms with van der Waals surface area (Å²) in [6.07, 6.45) is 4.31. The highest BCUT2D eigenvalue weighted by Crippen LogP contribution is 2.19. The van der Waals surface area contributed by atoms with Gasteiger partial charge in [0.05, 0.1) is 25.2 Å². The fraction of sp³-hybridized carbons (Fsp3) is 0.750. The first-order valence-corrected chi connectivity index (χ1v) is 8.23. The molecule has 0 aromatic heterocycles. The summed E-state index contributed by atoms with van der Waals surface area (Å²) in [4.78, 5) is 23.9. The van der Waals surface area contributed by atoms with E-state index in [1.54, 1.807) is 6.08 Å². The van der Waals surface area contributed by atoms with Gasteiger partial charge in [-0.15, -0.1) is 0 Å². The summed E-state index contributed by atoms with van der Waals surface area (Å²) < 4.78 is 11.0. The molecule has 0 spiro atoms. The molecule has 0 aromatic carbocycles. The summed E-state index contributed by atoms with van der Waals surface area (Å²) >= 11 is 0. The van der Waals surface area contributed by atoms with E-state index in [9.17, 15) is 14.7 Å². The quantitative estimate of drug-likeness (QED) is 0.584. The monoisotopic (exact) mass is 326 g/mol. The fourth-order valence-electron chi connectivity index (χ4n) is 2.83. The van der Waals surface area contributed by atoms with Crippen LogP contribution >= 0.6 is 0 Å². The minimum Gasteiger partial charge on any atom is -0.394 e. The van der Waals surface area contributed by atoms with Gasteiger partial charge >= 0.3 is 0 Å². The third-order valence-corrected chi connectivity index (χ3v) is 4.12. The first kappa shape index (κ1) is 17.9. The average Bonchev–Trinajstić information content (AvgIpc) is 2.57. The number of aliphatic hydroxyl groups excluding tert-OH is 1. The van der Waals surface area contributed by atoms with Gasteiger partial charge in [0.25, 0.3) is 0 Å². The average molecular weight is 326 g/mol. The van der Waals surface area contributed by atoms with E-state index in [4.69, 9.17) is 9.47 Å². The second kappa shape index (κ2) is 9.00. The lowest BCUT2D eigenvalue weighted by atomic mass is 9.97. The van der Waals surface area contributed by atoms with Crippen molar-refractivity contribution in [3.63, 3.8) is 0 Å². The Morgan fingerprint density at radius 3 is 2.65 bits per heavy atom. The minimum atomic E-state index is -0.539. The molecule has 0 radical (unpaired) electrons. The summed E-state index contributed by atoms with van der Waals surface area (Å²) in [5.41, 5.74) is 0. The number of carbonyl (C=O) groups excluding carboxylic acids is 2. The van der Waals surface area contributed by atoms with Crippen molar-refractivity contribution in [2.75, 3.05) is 26.4 Å². The van der Waals surface area contributed by atoms with Gasteiger partial charge in [0.2, 0.25) is 11.8 Å². The Bertz CT molecular complexity index is 434. The van der Waals surface area contributed by atoms with Gasteiger partial charge in [0.1, 0.15) is 6.10 Å². The predicted molar refractivity (Wildman–Crippen MR) is 83.7 cm³/mol. The number of amides is 2. The molecular formula is C16H26N2O5. The van der Waals surface area contributed by atoms with Crippen molar-refractivity contribution in [1.82, 2.24) is 10.6 Å². The molecule has 0 bridgehead atoms. The lowest BCUT2D eigenvalue weighted by Crippen LogP contribution is -2.50. The van der Waals surface area contributed by atoms with Crippen LogP contribution in [0.2, 0.25) is 0 Å². The van der Waals surface area contributed by atoms with Gasteiger partial charge in [-0.1, -0.05) is 12.2 Å². The summed E-state index contributed by atoms with van der Waals surface area (Å²) in [5.74, 6) is -0.180. The number of hydrogen-bond acceptors (Lipinski definition) is 5. The van der Waals surface area contributed by atoms with Crippen molar-refractivity contribution in [2.24, 2.45) is 5.92 Å². The molecule has 130 valence electrons. The van der Waals surface area contributed by atoms with E-state index in [2.05, 4.69) is 10.6 Å². The summed E-state index contributed by atoms with van der Waals surface area (Å²) in [6, 6.07) is -0.374. The number of carbonyl (C=O) groups is 2. The van der Waals surface area contributed by atoms with E-state index in [1.807, 2.05) is 13.0 Å². The normalized spacial score (nSPS) is 28.3. The molecule has 2 aliphatic heterocycles. The number of rotatable bonds is 6. The van der Waals surface area contributed by atoms with E-state index in [-0.39, 0.29) is 42.9 Å². The van der Waals surface area contributed by atoms with Crippen LogP contribution in [0.25, 0.3) is 0 Å². The van der Waals surface area contributed by atoms with Gasteiger partial charge in [0.15, 0.2) is 0 Å². The van der Waals surface area contributed by atoms with Gasteiger partial charge in [-0.3, -0.25) is 9.59 Å². The Morgan fingerprint density at radius 2 is 2.00 bits per heavy atom. The molecule has 7 nitrogen and oxygen atoms in total. The zero-order valence-corrected chi connectivity index (χ0v) is 13.5. The Balaban J connectivity index is 1.88. The van der Waals surface area contributed by atoms with Crippen molar-refractivity contribution >= 4 is 11.8 Å². The highest BCUT2D eigenvalue weighted by atomic mass is 16.5. The first-order chi connectivity index (χ1) is 11.1. The largest absolute Gasteiger partial charge is 0.394 e. The van der Waals surface area contributed by atoms with Gasteiger partial charge < -0.3 is 25.2 Å². The van der Waals surface area contributed by atoms with E-state index in [1.165, 1.54) is 0 Å². The van der Waals surface area contributed by atoms with Crippen LogP contribution in [0.5, 0.6) is 0 Å². The lowest BCUT2D eigenvalue weighted by Gasteiger charge is -2.33. The van der Waals surface area contributed by atoms with Crippen LogP contribution in [0, 0.1) is 5.92 Å². The van der Waals surface area contributed by atoms with Crippen LogP contribution in [0.3, 0.4) is 0 Å². The molecule has 23 heavy (non-hydrogen) atoms. The third kappa shape index (κ3) is 5.30. The zero-order valence-electron chi connectivity index (χ0n) is 13.5. The highest BCUT2D eigenvalue weighted by Gasteiger charge is 2.31. The Hall–Kier alpha value is -1.44. The van der Waals surface area contributed by atoms with Crippen LogP contribution in [-0.4, -0.2) is 61.5 Å². The Morgan fingerprint density at radius 1 is 1.26 bits per heavy atom. The molecular weight excluding hydrogens is 300 g/mol. The fourth-order valence-corrected chi connectivity index (χ4v) is 2.83. The third-order valence-electron chi connectivity index (χ3n) is 4.12. The van der Waals surface area contributed by atoms with Gasteiger partial charge in [-0.25, -0.2) is 0 Å². The molecule has 3 N–H and O–H groups in total. The van der Waals surface area contributed by atoms with E-state index < -0.39 is 6.10 Å². The number of aliphatic hydroxyl groups is 1. The first-order valence-electron chi connectivity index (χ1n) is 8.23. The summed E-state index contributed by atoms with van der Waals surface area (Å²) in [6.45, 7) is 3.42. The lowest BCUT2D eigenvalue weighted by molar-refractivity contribution is -0.132. The zero-order chi connectivity index (χ0) is 16.7. The van der Waals surface area contributed by atoms with E-state index in [0.717, 1.165) is 0 Å². The SMILES string of the molecule is CCNC(=O)C[C@@H]1C=C[C@H](NC(=O)C2CCOCC2)[C@@H](CO)O1. The van der Waals surface area contributed by atoms with E-state index >= 15 is 0 Å². The van der Waals surface area contributed by atoms with Crippen LogP contribution in [0.15, 0.2) is 12.2 Å². The molecule has 7 heteroatoms. The van der Waals surface area contributed by atoms with Crippen molar-refractivity contribution in [3.05, 3.63) is 12.2 Å². The van der Waals surface area contributed by atoms with Gasteiger partial charge in [-0.2, -0.15) is 0 Å². The van der Waals surface area contributed by atoms with Crippen molar-refractivity contribution in [3.8, 4) is 0 Å². The van der Waals surface area contributed by atoms with Gasteiger partial charge in [0, 0.05) is 25.7 Å². The van der Waals surface area contributed by atoms with Crippen LogP contribution < -0.4 is 10.6 Å². The van der Waals surface area contributed by atoms with Crippen molar-refractivity contribution < 1.29 is 24.2 Å². The molecule has 2 aliphatic rings. The Labute approximate surface area is 136 Å². The Kier molecular flexibility index (Phi) is 7.01. The molecule has 0 saturated carbocycles. The topological polar surface area (TPSA) is 96.9 Å². The maximum absolute atomic E-state index is 12.3. The molecule has 0 unspecified atom stereocenters. The number of hydrogen-bond donors (Lipinski definition) is 3. The molecule has 1 fully saturated rings. The number of ether oxygens (including phenoxy) is 2. The molecule has 2 rings (SSSR count). The van der Waals surface area contributed by atoms with Crippen molar-refractivity contribution in [1.29, 1.82) is 0 Å². The molecule has 3 atom stereocenters. The molecule has 2 amide bonds. The predicted octanol–water partition coefficient (Wildman–Crippen LogP) is -0.260.